The zero-order valence-corrected chi connectivity index (χ0v) is 16.9. The average molecular weight is 435 g/mol. The van der Waals surface area contributed by atoms with Crippen molar-refractivity contribution in [2.24, 2.45) is 5.92 Å². The number of carbonyl (C=O) groups excluding carboxylic acids is 1. The number of H-pyrrole nitrogens is 1. The maximum atomic E-state index is 12.6. The summed E-state index contributed by atoms with van der Waals surface area (Å²) < 4.78 is 41.5. The van der Waals surface area contributed by atoms with E-state index in [1.165, 1.54) is 6.07 Å². The Bertz CT molecular complexity index is 1020. The first-order chi connectivity index (χ1) is 14.3. The molecule has 1 amide bonds. The van der Waals surface area contributed by atoms with Gasteiger partial charge in [-0.15, -0.1) is 11.3 Å². The summed E-state index contributed by atoms with van der Waals surface area (Å²) in [5.41, 5.74) is 1.85. The molecule has 9 heteroatoms. The van der Waals surface area contributed by atoms with E-state index in [2.05, 4.69) is 15.3 Å². The van der Waals surface area contributed by atoms with Gasteiger partial charge >= 0.3 is 6.18 Å². The van der Waals surface area contributed by atoms with Crippen LogP contribution in [0.2, 0.25) is 0 Å². The van der Waals surface area contributed by atoms with Gasteiger partial charge in [0.05, 0.1) is 11.7 Å². The van der Waals surface area contributed by atoms with Crippen molar-refractivity contribution in [1.82, 2.24) is 15.3 Å². The van der Waals surface area contributed by atoms with E-state index >= 15 is 0 Å². The number of halogens is 3. The highest BCUT2D eigenvalue weighted by atomic mass is 32.1. The number of hydrogen-bond donors (Lipinski definition) is 2. The normalized spacial score (nSPS) is 19.3. The molecular weight excluding hydrogens is 415 g/mol. The van der Waals surface area contributed by atoms with Crippen LogP contribution >= 0.6 is 11.3 Å². The molecule has 0 aliphatic heterocycles. The van der Waals surface area contributed by atoms with Gasteiger partial charge in [-0.1, -0.05) is 30.3 Å². The summed E-state index contributed by atoms with van der Waals surface area (Å²) in [6, 6.07) is 12.6. The van der Waals surface area contributed by atoms with Crippen LogP contribution in [0.15, 0.2) is 48.7 Å². The van der Waals surface area contributed by atoms with Gasteiger partial charge in [-0.2, -0.15) is 13.2 Å². The molecule has 3 unspecified atom stereocenters. The molecule has 0 bridgehead atoms. The van der Waals surface area contributed by atoms with Crippen LogP contribution < -0.4 is 10.1 Å². The summed E-state index contributed by atoms with van der Waals surface area (Å²) in [6.07, 6.45) is -1.82. The minimum Gasteiger partial charge on any atom is -0.475 e. The van der Waals surface area contributed by atoms with Crippen molar-refractivity contribution >= 4 is 17.2 Å². The van der Waals surface area contributed by atoms with E-state index in [0.29, 0.717) is 6.42 Å². The summed E-state index contributed by atoms with van der Waals surface area (Å²) in [5, 5.41) is 3.11. The van der Waals surface area contributed by atoms with E-state index in [1.807, 2.05) is 36.5 Å². The van der Waals surface area contributed by atoms with Crippen molar-refractivity contribution in [3.8, 4) is 16.3 Å². The molecule has 158 valence electrons. The SMILES string of the molecule is CC(NC(=O)C1CC1c1nc(-c2ccccc2)c[nH]1)c1ccc(OCC(F)(F)F)s1. The zero-order valence-electron chi connectivity index (χ0n) is 16.1. The molecule has 3 atom stereocenters. The third-order valence-electron chi connectivity index (χ3n) is 4.91. The Labute approximate surface area is 175 Å². The second kappa shape index (κ2) is 8.14. The first kappa shape index (κ1) is 20.5. The van der Waals surface area contributed by atoms with Gasteiger partial charge in [0.15, 0.2) is 11.7 Å². The van der Waals surface area contributed by atoms with Crippen molar-refractivity contribution in [3.05, 3.63) is 59.4 Å². The molecule has 30 heavy (non-hydrogen) atoms. The van der Waals surface area contributed by atoms with Crippen LogP contribution in [0.5, 0.6) is 5.06 Å². The number of hydrogen-bond acceptors (Lipinski definition) is 4. The summed E-state index contributed by atoms with van der Waals surface area (Å²) in [6.45, 7) is 0.473. The summed E-state index contributed by atoms with van der Waals surface area (Å²) in [7, 11) is 0. The standard InChI is InChI=1S/C21H20F3N3O2S/c1-12(17-7-8-18(30-17)29-11-21(22,23)24)26-20(28)15-9-14(15)19-25-10-16(27-19)13-5-3-2-4-6-13/h2-8,10,12,14-15H,9,11H2,1H3,(H,25,27)(H,26,28). The lowest BCUT2D eigenvalue weighted by atomic mass is 10.2. The van der Waals surface area contributed by atoms with E-state index < -0.39 is 12.8 Å². The maximum absolute atomic E-state index is 12.6. The Kier molecular flexibility index (Phi) is 5.55. The van der Waals surface area contributed by atoms with Crippen LogP contribution in [-0.4, -0.2) is 28.7 Å². The second-order valence-corrected chi connectivity index (χ2v) is 8.35. The predicted molar refractivity (Wildman–Crippen MR) is 107 cm³/mol. The Hall–Kier alpha value is -2.81. The van der Waals surface area contributed by atoms with Gasteiger partial charge in [0, 0.05) is 28.5 Å². The fraction of sp³-hybridized carbons (Fsp3) is 0.333. The number of nitrogens with one attached hydrogen (secondary N) is 2. The zero-order chi connectivity index (χ0) is 21.3. The number of benzene rings is 1. The van der Waals surface area contributed by atoms with Crippen molar-refractivity contribution in [2.45, 2.75) is 31.5 Å². The predicted octanol–water partition coefficient (Wildman–Crippen LogP) is 5.06. The molecule has 0 radical (unpaired) electrons. The summed E-state index contributed by atoms with van der Waals surface area (Å²) >= 11 is 1.10. The van der Waals surface area contributed by atoms with Crippen LogP contribution in [0.4, 0.5) is 13.2 Å². The fourth-order valence-electron chi connectivity index (χ4n) is 3.26. The molecule has 2 N–H and O–H groups in total. The number of nitrogens with zero attached hydrogens (tertiary/aromatic N) is 1. The Morgan fingerprint density at radius 1 is 1.30 bits per heavy atom. The lowest BCUT2D eigenvalue weighted by Gasteiger charge is -2.12. The Morgan fingerprint density at radius 2 is 2.07 bits per heavy atom. The third-order valence-corrected chi connectivity index (χ3v) is 6.09. The van der Waals surface area contributed by atoms with Crippen LogP contribution in [0, 0.1) is 5.92 Å². The summed E-state index contributed by atoms with van der Waals surface area (Å²) in [5.74, 6) is 0.587. The molecule has 0 saturated heterocycles. The van der Waals surface area contributed by atoms with Gasteiger partial charge in [-0.25, -0.2) is 4.98 Å². The van der Waals surface area contributed by atoms with E-state index in [9.17, 15) is 18.0 Å². The Balaban J connectivity index is 1.31. The first-order valence-corrected chi connectivity index (χ1v) is 10.3. The first-order valence-electron chi connectivity index (χ1n) is 9.50. The number of carbonyl (C=O) groups is 1. The number of aromatic amines is 1. The number of thiophene rings is 1. The topological polar surface area (TPSA) is 67.0 Å². The molecule has 5 nitrogen and oxygen atoms in total. The van der Waals surface area contributed by atoms with E-state index in [4.69, 9.17) is 4.74 Å². The second-order valence-electron chi connectivity index (χ2n) is 7.28. The molecule has 1 aromatic carbocycles. The van der Waals surface area contributed by atoms with Gasteiger partial charge in [-0.05, 0) is 25.5 Å². The monoisotopic (exact) mass is 435 g/mol. The van der Waals surface area contributed by atoms with E-state index in [-0.39, 0.29) is 28.8 Å². The highest BCUT2D eigenvalue weighted by Gasteiger charge is 2.46. The fourth-order valence-corrected chi connectivity index (χ4v) is 4.12. The van der Waals surface area contributed by atoms with Crippen LogP contribution in [0.25, 0.3) is 11.3 Å². The molecule has 1 saturated carbocycles. The molecule has 2 aromatic heterocycles. The van der Waals surface area contributed by atoms with E-state index in [0.717, 1.165) is 33.3 Å². The number of ether oxygens (including phenoxy) is 1. The van der Waals surface area contributed by atoms with E-state index in [1.54, 1.807) is 13.0 Å². The Morgan fingerprint density at radius 3 is 2.80 bits per heavy atom. The molecule has 3 aromatic rings. The minimum absolute atomic E-state index is 0.0451. The minimum atomic E-state index is -4.38. The average Bonchev–Trinajstić information content (AvgIpc) is 3.14. The third kappa shape index (κ3) is 4.84. The van der Waals surface area contributed by atoms with Gasteiger partial charge in [-0.3, -0.25) is 4.79 Å². The molecule has 1 aliphatic carbocycles. The number of aromatic nitrogens is 2. The van der Waals surface area contributed by atoms with Crippen LogP contribution in [0.1, 0.15) is 36.0 Å². The van der Waals surface area contributed by atoms with Gasteiger partial charge < -0.3 is 15.0 Å². The van der Waals surface area contributed by atoms with Gasteiger partial charge in [0.1, 0.15) is 5.82 Å². The number of imidazole rings is 1. The number of rotatable bonds is 7. The summed E-state index contributed by atoms with van der Waals surface area (Å²) in [4.78, 5) is 21.1. The van der Waals surface area contributed by atoms with Crippen LogP contribution in [0.3, 0.4) is 0 Å². The maximum Gasteiger partial charge on any atom is 0.422 e. The molecule has 1 fully saturated rings. The van der Waals surface area contributed by atoms with Gasteiger partial charge in [0.25, 0.3) is 0 Å². The molecule has 0 spiro atoms. The number of alkyl halides is 3. The number of amides is 1. The van der Waals surface area contributed by atoms with Crippen LogP contribution in [-0.2, 0) is 4.79 Å². The highest BCUT2D eigenvalue weighted by molar-refractivity contribution is 7.13. The lowest BCUT2D eigenvalue weighted by Crippen LogP contribution is -2.28. The molecular formula is C21H20F3N3O2S. The largest absolute Gasteiger partial charge is 0.475 e. The highest BCUT2D eigenvalue weighted by Crippen LogP contribution is 2.47. The van der Waals surface area contributed by atoms with Crippen molar-refractivity contribution in [1.29, 1.82) is 0 Å². The molecule has 1 aliphatic rings. The smallest absolute Gasteiger partial charge is 0.422 e. The lowest BCUT2D eigenvalue weighted by molar-refractivity contribution is -0.152. The quantitative estimate of drug-likeness (QED) is 0.545. The van der Waals surface area contributed by atoms with Crippen molar-refractivity contribution in [2.75, 3.05) is 6.61 Å². The molecule has 2 heterocycles. The van der Waals surface area contributed by atoms with Gasteiger partial charge in [0.2, 0.25) is 5.91 Å². The molecule has 4 rings (SSSR count). The van der Waals surface area contributed by atoms with Crippen molar-refractivity contribution in [3.63, 3.8) is 0 Å². The van der Waals surface area contributed by atoms with Crippen molar-refractivity contribution < 1.29 is 22.7 Å².